The van der Waals surface area contributed by atoms with Gasteiger partial charge in [-0.05, 0) is 68.0 Å². The van der Waals surface area contributed by atoms with Crippen LogP contribution in [-0.4, -0.2) is 35.0 Å². The van der Waals surface area contributed by atoms with Crippen molar-refractivity contribution in [3.63, 3.8) is 0 Å². The number of carbonyl (C=O) groups excluding carboxylic acids is 1. The van der Waals surface area contributed by atoms with Gasteiger partial charge in [-0.3, -0.25) is 4.79 Å². The lowest BCUT2D eigenvalue weighted by molar-refractivity contribution is -0.274. The van der Waals surface area contributed by atoms with Crippen LogP contribution in [0.15, 0.2) is 53.9 Å². The van der Waals surface area contributed by atoms with Gasteiger partial charge in [-0.1, -0.05) is 24.3 Å². The number of rotatable bonds is 6. The Labute approximate surface area is 216 Å². The highest BCUT2D eigenvalue weighted by molar-refractivity contribution is 7.16. The molecule has 1 amide bonds. The van der Waals surface area contributed by atoms with Crippen LogP contribution in [-0.2, 0) is 6.54 Å². The Morgan fingerprint density at radius 1 is 1.08 bits per heavy atom. The van der Waals surface area contributed by atoms with Gasteiger partial charge >= 0.3 is 6.36 Å². The van der Waals surface area contributed by atoms with Crippen molar-refractivity contribution < 1.29 is 22.7 Å². The van der Waals surface area contributed by atoms with Gasteiger partial charge < -0.3 is 15.0 Å². The van der Waals surface area contributed by atoms with E-state index in [0.717, 1.165) is 59.0 Å². The van der Waals surface area contributed by atoms with Crippen LogP contribution < -0.4 is 15.0 Å². The lowest BCUT2D eigenvalue weighted by Gasteiger charge is -2.34. The molecule has 1 aliphatic heterocycles. The first kappa shape index (κ1) is 25.1. The van der Waals surface area contributed by atoms with Gasteiger partial charge in [0.25, 0.3) is 5.91 Å². The van der Waals surface area contributed by atoms with Crippen LogP contribution in [0.5, 0.6) is 5.75 Å². The average molecular weight is 529 g/mol. The van der Waals surface area contributed by atoms with E-state index in [-0.39, 0.29) is 11.7 Å². The van der Waals surface area contributed by atoms with Crippen molar-refractivity contribution in [3.8, 4) is 5.75 Å². The second-order valence-corrected chi connectivity index (χ2v) is 10.1. The maximum atomic E-state index is 12.8. The SMILES string of the molecule is Cc1nn2c(C)csc2c1C(=O)NCc1ccc(N2CCC(c3ccc(OC(F)(F)F)cc3)CC2)cc1. The maximum absolute atomic E-state index is 12.8. The molecule has 194 valence electrons. The Kier molecular flexibility index (Phi) is 6.85. The zero-order chi connectivity index (χ0) is 26.2. The number of thiazole rings is 1. The van der Waals surface area contributed by atoms with Gasteiger partial charge in [-0.25, -0.2) is 4.52 Å². The first-order valence-electron chi connectivity index (χ1n) is 12.1. The fourth-order valence-electron chi connectivity index (χ4n) is 4.81. The predicted molar refractivity (Wildman–Crippen MR) is 137 cm³/mol. The molecule has 5 rings (SSSR count). The number of benzene rings is 2. The number of carbonyl (C=O) groups is 1. The molecular weight excluding hydrogens is 501 g/mol. The minimum absolute atomic E-state index is 0.126. The minimum Gasteiger partial charge on any atom is -0.406 e. The molecule has 3 heterocycles. The molecule has 2 aromatic heterocycles. The van der Waals surface area contributed by atoms with Crippen molar-refractivity contribution in [1.29, 1.82) is 0 Å². The Morgan fingerprint density at radius 2 is 1.76 bits per heavy atom. The van der Waals surface area contributed by atoms with Crippen LogP contribution in [0.2, 0.25) is 0 Å². The molecule has 0 atom stereocenters. The van der Waals surface area contributed by atoms with Crippen LogP contribution in [0.25, 0.3) is 4.83 Å². The molecule has 4 aromatic rings. The molecule has 0 bridgehead atoms. The van der Waals surface area contributed by atoms with E-state index in [0.29, 0.717) is 18.0 Å². The lowest BCUT2D eigenvalue weighted by atomic mass is 9.89. The second kappa shape index (κ2) is 10.1. The van der Waals surface area contributed by atoms with Crippen molar-refractivity contribution in [2.24, 2.45) is 0 Å². The molecule has 0 unspecified atom stereocenters. The summed E-state index contributed by atoms with van der Waals surface area (Å²) < 4.78 is 42.9. The van der Waals surface area contributed by atoms with Gasteiger partial charge in [-0.2, -0.15) is 5.10 Å². The molecular formula is C27H27F3N4O2S. The van der Waals surface area contributed by atoms with Crippen molar-refractivity contribution >= 4 is 27.8 Å². The van der Waals surface area contributed by atoms with Gasteiger partial charge in [0.1, 0.15) is 10.6 Å². The third kappa shape index (κ3) is 5.58. The minimum atomic E-state index is -4.68. The number of hydrogen-bond acceptors (Lipinski definition) is 5. The number of anilines is 1. The fourth-order valence-corrected chi connectivity index (χ4v) is 5.84. The first-order valence-corrected chi connectivity index (χ1v) is 13.0. The van der Waals surface area contributed by atoms with Crippen LogP contribution in [0.1, 0.15) is 51.6 Å². The smallest absolute Gasteiger partial charge is 0.406 e. The highest BCUT2D eigenvalue weighted by Gasteiger charge is 2.31. The number of aryl methyl sites for hydroxylation is 2. The van der Waals surface area contributed by atoms with Crippen molar-refractivity contribution in [2.75, 3.05) is 18.0 Å². The van der Waals surface area contributed by atoms with E-state index in [4.69, 9.17) is 0 Å². The molecule has 1 fully saturated rings. The topological polar surface area (TPSA) is 58.9 Å². The van der Waals surface area contributed by atoms with E-state index >= 15 is 0 Å². The lowest BCUT2D eigenvalue weighted by Crippen LogP contribution is -2.32. The van der Waals surface area contributed by atoms with E-state index in [2.05, 4.69) is 32.2 Å². The second-order valence-electron chi connectivity index (χ2n) is 9.28. The van der Waals surface area contributed by atoms with E-state index < -0.39 is 6.36 Å². The normalized spacial score (nSPS) is 14.8. The third-order valence-corrected chi connectivity index (χ3v) is 7.81. The standard InChI is InChI=1S/C27H27F3N4O2S/c1-17-16-37-26-24(18(2)32-34(17)26)25(35)31-15-19-3-7-22(8-4-19)33-13-11-21(12-14-33)20-5-9-23(10-6-20)36-27(28,29)30/h3-10,16,21H,11-15H2,1-2H3,(H,31,35). The van der Waals surface area contributed by atoms with Crippen molar-refractivity contribution in [1.82, 2.24) is 14.9 Å². The Hall–Kier alpha value is -3.53. The zero-order valence-electron chi connectivity index (χ0n) is 20.5. The van der Waals surface area contributed by atoms with Gasteiger partial charge in [0.2, 0.25) is 0 Å². The Bertz CT molecular complexity index is 1390. The van der Waals surface area contributed by atoms with Crippen LogP contribution in [0.4, 0.5) is 18.9 Å². The van der Waals surface area contributed by atoms with Crippen molar-refractivity contribution in [3.05, 3.63) is 82.0 Å². The molecule has 10 heteroatoms. The molecule has 37 heavy (non-hydrogen) atoms. The maximum Gasteiger partial charge on any atom is 0.573 e. The Balaban J connectivity index is 1.14. The third-order valence-electron chi connectivity index (χ3n) is 6.75. The summed E-state index contributed by atoms with van der Waals surface area (Å²) in [6, 6.07) is 14.4. The molecule has 6 nitrogen and oxygen atoms in total. The van der Waals surface area contributed by atoms with E-state index in [1.165, 1.54) is 23.5 Å². The number of fused-ring (bicyclic) bond motifs is 1. The van der Waals surface area contributed by atoms with Gasteiger partial charge in [0.05, 0.1) is 17.0 Å². The monoisotopic (exact) mass is 528 g/mol. The summed E-state index contributed by atoms with van der Waals surface area (Å²) >= 11 is 1.52. The number of nitrogens with one attached hydrogen (secondary N) is 1. The van der Waals surface area contributed by atoms with Crippen LogP contribution >= 0.6 is 11.3 Å². The van der Waals surface area contributed by atoms with E-state index in [1.807, 2.05) is 35.9 Å². The fraction of sp³-hybridized carbons (Fsp3) is 0.333. The predicted octanol–water partition coefficient (Wildman–Crippen LogP) is 6.23. The zero-order valence-corrected chi connectivity index (χ0v) is 21.3. The van der Waals surface area contributed by atoms with Crippen molar-refractivity contribution in [2.45, 2.75) is 45.5 Å². The number of aromatic nitrogens is 2. The summed E-state index contributed by atoms with van der Waals surface area (Å²) in [5, 5.41) is 9.47. The molecule has 0 radical (unpaired) electrons. The molecule has 1 saturated heterocycles. The summed E-state index contributed by atoms with van der Waals surface area (Å²) in [6.07, 6.45) is -2.85. The molecule has 1 N–H and O–H groups in total. The summed E-state index contributed by atoms with van der Waals surface area (Å²) in [4.78, 5) is 16.0. The highest BCUT2D eigenvalue weighted by Crippen LogP contribution is 2.32. The van der Waals surface area contributed by atoms with Gasteiger partial charge in [0.15, 0.2) is 0 Å². The number of amides is 1. The highest BCUT2D eigenvalue weighted by atomic mass is 32.1. The molecule has 2 aromatic carbocycles. The summed E-state index contributed by atoms with van der Waals surface area (Å²) in [5.74, 6) is -0.0182. The van der Waals surface area contributed by atoms with E-state index in [1.54, 1.807) is 12.1 Å². The number of piperidine rings is 1. The number of hydrogen-bond donors (Lipinski definition) is 1. The largest absolute Gasteiger partial charge is 0.573 e. The number of halogens is 3. The Morgan fingerprint density at radius 3 is 2.41 bits per heavy atom. The van der Waals surface area contributed by atoms with Gasteiger partial charge in [-0.15, -0.1) is 24.5 Å². The van der Waals surface area contributed by atoms with Crippen LogP contribution in [0.3, 0.4) is 0 Å². The number of ether oxygens (including phenoxy) is 1. The molecule has 0 aliphatic carbocycles. The number of nitrogens with zero attached hydrogens (tertiary/aromatic N) is 3. The number of alkyl halides is 3. The summed E-state index contributed by atoms with van der Waals surface area (Å²) in [6.45, 7) is 5.97. The first-order chi connectivity index (χ1) is 17.7. The molecule has 0 spiro atoms. The summed E-state index contributed by atoms with van der Waals surface area (Å²) in [7, 11) is 0. The average Bonchev–Trinajstić information content (AvgIpc) is 3.40. The summed E-state index contributed by atoms with van der Waals surface area (Å²) in [5.41, 5.74) is 5.51. The van der Waals surface area contributed by atoms with Crippen LogP contribution in [0, 0.1) is 13.8 Å². The molecule has 1 aliphatic rings. The van der Waals surface area contributed by atoms with Gasteiger partial charge in [0, 0.05) is 30.7 Å². The molecule has 0 saturated carbocycles. The quantitative estimate of drug-likeness (QED) is 0.323. The van der Waals surface area contributed by atoms with E-state index in [9.17, 15) is 18.0 Å².